The van der Waals surface area contributed by atoms with E-state index >= 15 is 0 Å². The van der Waals surface area contributed by atoms with Crippen LogP contribution in [-0.2, 0) is 6.54 Å². The van der Waals surface area contributed by atoms with Crippen LogP contribution in [0.25, 0.3) is 0 Å². The molecule has 0 aromatic heterocycles. The molecule has 1 atom stereocenters. The van der Waals surface area contributed by atoms with Crippen LogP contribution in [0.2, 0.25) is 5.02 Å². The van der Waals surface area contributed by atoms with Gasteiger partial charge in [0, 0.05) is 34.3 Å². The second-order valence-electron chi connectivity index (χ2n) is 4.78. The maximum Gasteiger partial charge on any atom is 0.0494 e. The summed E-state index contributed by atoms with van der Waals surface area (Å²) in [6.07, 6.45) is 0. The average molecular weight is 338 g/mol. The van der Waals surface area contributed by atoms with Gasteiger partial charge in [-0.3, -0.25) is 0 Å². The maximum atomic E-state index is 6.23. The molecule has 1 heterocycles. The largest absolute Gasteiger partial charge is 0.365 e. The molecular formula is C15H14BrClN2. The van der Waals surface area contributed by atoms with Gasteiger partial charge in [0.2, 0.25) is 0 Å². The SMILES string of the molecule is N[C@H]1CN(Cc2ccccc2Cl)c2ccc(Br)cc21. The van der Waals surface area contributed by atoms with Crippen LogP contribution in [-0.4, -0.2) is 6.54 Å². The minimum atomic E-state index is 0.0648. The average Bonchev–Trinajstić information content (AvgIpc) is 2.69. The monoisotopic (exact) mass is 336 g/mol. The van der Waals surface area contributed by atoms with Gasteiger partial charge in [-0.15, -0.1) is 0 Å². The van der Waals surface area contributed by atoms with E-state index in [4.69, 9.17) is 17.3 Å². The summed E-state index contributed by atoms with van der Waals surface area (Å²) in [5.74, 6) is 0. The van der Waals surface area contributed by atoms with Crippen molar-refractivity contribution in [3.8, 4) is 0 Å². The van der Waals surface area contributed by atoms with Crippen LogP contribution in [0.4, 0.5) is 5.69 Å². The lowest BCUT2D eigenvalue weighted by Crippen LogP contribution is -2.24. The molecule has 2 aromatic rings. The first-order valence-electron chi connectivity index (χ1n) is 6.18. The molecule has 0 saturated heterocycles. The van der Waals surface area contributed by atoms with Crippen molar-refractivity contribution < 1.29 is 0 Å². The van der Waals surface area contributed by atoms with Crippen LogP contribution < -0.4 is 10.6 Å². The highest BCUT2D eigenvalue weighted by Crippen LogP contribution is 2.36. The molecule has 3 rings (SSSR count). The quantitative estimate of drug-likeness (QED) is 0.893. The first kappa shape index (κ1) is 13.0. The highest BCUT2D eigenvalue weighted by Gasteiger charge is 2.26. The Labute approximate surface area is 126 Å². The second-order valence-corrected chi connectivity index (χ2v) is 6.10. The normalized spacial score (nSPS) is 17.6. The van der Waals surface area contributed by atoms with Crippen molar-refractivity contribution in [2.75, 3.05) is 11.4 Å². The predicted octanol–water partition coefficient (Wildman–Crippen LogP) is 4.12. The Morgan fingerprint density at radius 2 is 2.05 bits per heavy atom. The fraction of sp³-hybridized carbons (Fsp3) is 0.200. The number of nitrogens with two attached hydrogens (primary N) is 1. The van der Waals surface area contributed by atoms with Crippen molar-refractivity contribution in [2.45, 2.75) is 12.6 Å². The second kappa shape index (κ2) is 5.16. The van der Waals surface area contributed by atoms with Crippen LogP contribution in [0.5, 0.6) is 0 Å². The van der Waals surface area contributed by atoms with E-state index in [9.17, 15) is 0 Å². The van der Waals surface area contributed by atoms with Gasteiger partial charge >= 0.3 is 0 Å². The summed E-state index contributed by atoms with van der Waals surface area (Å²) in [7, 11) is 0. The highest BCUT2D eigenvalue weighted by atomic mass is 79.9. The fourth-order valence-corrected chi connectivity index (χ4v) is 3.10. The number of benzene rings is 2. The van der Waals surface area contributed by atoms with E-state index in [0.29, 0.717) is 0 Å². The van der Waals surface area contributed by atoms with Crippen LogP contribution in [0.15, 0.2) is 46.9 Å². The molecule has 1 aliphatic heterocycles. The Hall–Kier alpha value is -1.03. The summed E-state index contributed by atoms with van der Waals surface area (Å²) in [4.78, 5) is 2.29. The van der Waals surface area contributed by atoms with Gasteiger partial charge in [-0.25, -0.2) is 0 Å². The summed E-state index contributed by atoms with van der Waals surface area (Å²) in [6.45, 7) is 1.62. The zero-order valence-corrected chi connectivity index (χ0v) is 12.7. The van der Waals surface area contributed by atoms with Gasteiger partial charge in [-0.1, -0.05) is 45.7 Å². The van der Waals surface area contributed by atoms with Crippen molar-refractivity contribution in [3.05, 3.63) is 63.1 Å². The van der Waals surface area contributed by atoms with Crippen LogP contribution in [0.3, 0.4) is 0 Å². The third-order valence-electron chi connectivity index (χ3n) is 3.47. The zero-order chi connectivity index (χ0) is 13.4. The molecule has 4 heteroatoms. The van der Waals surface area contributed by atoms with Gasteiger partial charge in [0.05, 0.1) is 0 Å². The third kappa shape index (κ3) is 2.50. The molecule has 0 fully saturated rings. The Morgan fingerprint density at radius 1 is 1.26 bits per heavy atom. The van der Waals surface area contributed by atoms with Gasteiger partial charge in [0.1, 0.15) is 0 Å². The summed E-state index contributed by atoms with van der Waals surface area (Å²) in [5, 5.41) is 0.807. The molecule has 0 saturated carbocycles. The summed E-state index contributed by atoms with van der Waals surface area (Å²) < 4.78 is 1.07. The minimum Gasteiger partial charge on any atom is -0.365 e. The van der Waals surface area contributed by atoms with E-state index in [2.05, 4.69) is 45.1 Å². The molecule has 98 valence electrons. The zero-order valence-electron chi connectivity index (χ0n) is 10.3. The van der Waals surface area contributed by atoms with Crippen molar-refractivity contribution >= 4 is 33.2 Å². The van der Waals surface area contributed by atoms with Crippen LogP contribution in [0.1, 0.15) is 17.2 Å². The van der Waals surface area contributed by atoms with Gasteiger partial charge in [-0.2, -0.15) is 0 Å². The van der Waals surface area contributed by atoms with Crippen molar-refractivity contribution in [1.82, 2.24) is 0 Å². The molecule has 0 amide bonds. The van der Waals surface area contributed by atoms with Gasteiger partial charge in [0.15, 0.2) is 0 Å². The molecule has 2 nitrogen and oxygen atoms in total. The number of nitrogens with zero attached hydrogens (tertiary/aromatic N) is 1. The molecule has 19 heavy (non-hydrogen) atoms. The van der Waals surface area contributed by atoms with E-state index in [1.54, 1.807) is 0 Å². The predicted molar refractivity (Wildman–Crippen MR) is 83.6 cm³/mol. The topological polar surface area (TPSA) is 29.3 Å². The number of halogens is 2. The van der Waals surface area contributed by atoms with E-state index in [1.807, 2.05) is 18.2 Å². The van der Waals surface area contributed by atoms with Gasteiger partial charge in [0.25, 0.3) is 0 Å². The van der Waals surface area contributed by atoms with Crippen molar-refractivity contribution in [1.29, 1.82) is 0 Å². The van der Waals surface area contributed by atoms with Crippen LogP contribution >= 0.6 is 27.5 Å². The summed E-state index contributed by atoms with van der Waals surface area (Å²) in [5.41, 5.74) is 9.73. The summed E-state index contributed by atoms with van der Waals surface area (Å²) in [6, 6.07) is 14.3. The molecule has 0 unspecified atom stereocenters. The number of fused-ring (bicyclic) bond motifs is 1. The molecule has 0 bridgehead atoms. The van der Waals surface area contributed by atoms with E-state index in [0.717, 1.165) is 28.1 Å². The summed E-state index contributed by atoms with van der Waals surface area (Å²) >= 11 is 9.72. The molecule has 0 radical (unpaired) electrons. The number of hydrogen-bond donors (Lipinski definition) is 1. The smallest absolute Gasteiger partial charge is 0.0494 e. The molecule has 0 spiro atoms. The number of rotatable bonds is 2. The first-order valence-corrected chi connectivity index (χ1v) is 7.35. The molecular weight excluding hydrogens is 324 g/mol. The highest BCUT2D eigenvalue weighted by molar-refractivity contribution is 9.10. The van der Waals surface area contributed by atoms with Crippen molar-refractivity contribution in [2.24, 2.45) is 5.73 Å². The Kier molecular flexibility index (Phi) is 3.52. The lowest BCUT2D eigenvalue weighted by atomic mass is 10.1. The van der Waals surface area contributed by atoms with Gasteiger partial charge in [-0.05, 0) is 35.4 Å². The van der Waals surface area contributed by atoms with Crippen molar-refractivity contribution in [3.63, 3.8) is 0 Å². The van der Waals surface area contributed by atoms with E-state index in [1.165, 1.54) is 11.3 Å². The molecule has 2 aromatic carbocycles. The van der Waals surface area contributed by atoms with Gasteiger partial charge < -0.3 is 10.6 Å². The number of hydrogen-bond acceptors (Lipinski definition) is 2. The Bertz CT molecular complexity index is 615. The lowest BCUT2D eigenvalue weighted by molar-refractivity contribution is 0.720. The molecule has 0 aliphatic carbocycles. The minimum absolute atomic E-state index is 0.0648. The first-order chi connectivity index (χ1) is 9.15. The Morgan fingerprint density at radius 3 is 2.84 bits per heavy atom. The number of anilines is 1. The standard InChI is InChI=1S/C15H14BrClN2/c16-11-5-6-15-12(7-11)14(18)9-19(15)8-10-3-1-2-4-13(10)17/h1-7,14H,8-9,18H2/t14-/m0/s1. The maximum absolute atomic E-state index is 6.23. The molecule has 2 N–H and O–H groups in total. The lowest BCUT2D eigenvalue weighted by Gasteiger charge is -2.20. The fourth-order valence-electron chi connectivity index (χ4n) is 2.53. The van der Waals surface area contributed by atoms with E-state index in [-0.39, 0.29) is 6.04 Å². The third-order valence-corrected chi connectivity index (χ3v) is 4.33. The Balaban J connectivity index is 1.91. The molecule has 1 aliphatic rings. The van der Waals surface area contributed by atoms with E-state index < -0.39 is 0 Å². The van der Waals surface area contributed by atoms with Crippen LogP contribution in [0, 0.1) is 0 Å².